The van der Waals surface area contributed by atoms with Crippen molar-refractivity contribution in [3.8, 4) is 0 Å². The summed E-state index contributed by atoms with van der Waals surface area (Å²) in [7, 11) is -9.54. The number of nitrogens with zero attached hydrogens (tertiary/aromatic N) is 1. The first-order chi connectivity index (χ1) is 6.73. The molecule has 15 heavy (non-hydrogen) atoms. The molecule has 0 spiro atoms. The molecular weight excluding hydrogens is 244 g/mol. The van der Waals surface area contributed by atoms with Crippen LogP contribution in [0.15, 0.2) is 30.3 Å². The van der Waals surface area contributed by atoms with Crippen LogP contribution < -0.4 is 8.85 Å². The highest BCUT2D eigenvalue weighted by Crippen LogP contribution is 2.18. The van der Waals surface area contributed by atoms with Crippen LogP contribution in [-0.2, 0) is 20.5 Å². The van der Waals surface area contributed by atoms with Gasteiger partial charge in [0.2, 0.25) is 0 Å². The summed E-state index contributed by atoms with van der Waals surface area (Å²) in [6, 6.07) is 6.71. The Kier molecular flexibility index (Phi) is 3.00. The van der Waals surface area contributed by atoms with Gasteiger partial charge in [-0.05, 0) is 12.1 Å². The van der Waals surface area contributed by atoms with E-state index in [1.165, 1.54) is 24.3 Å². The molecule has 0 bridgehead atoms. The lowest BCUT2D eigenvalue weighted by molar-refractivity contribution is 0.484. The summed E-state index contributed by atoms with van der Waals surface area (Å²) in [5.41, 5.74) is -0.262. The van der Waals surface area contributed by atoms with E-state index in [1.54, 1.807) is 6.07 Å². The minimum atomic E-state index is -4.96. The van der Waals surface area contributed by atoms with Crippen molar-refractivity contribution in [3.63, 3.8) is 0 Å². The van der Waals surface area contributed by atoms with Gasteiger partial charge in [0.25, 0.3) is 0 Å². The van der Waals surface area contributed by atoms with Crippen LogP contribution in [0.1, 0.15) is 0 Å². The van der Waals surface area contributed by atoms with E-state index in [2.05, 4.69) is 5.14 Å². The van der Waals surface area contributed by atoms with Crippen molar-refractivity contribution in [2.75, 3.05) is 3.71 Å². The minimum absolute atomic E-state index is 0.262. The fourth-order valence-electron chi connectivity index (χ4n) is 0.961. The van der Waals surface area contributed by atoms with Crippen molar-refractivity contribution in [3.05, 3.63) is 30.3 Å². The average Bonchev–Trinajstić information content (AvgIpc) is 2.00. The molecule has 0 aliphatic heterocycles. The molecular formula is C6H8N2O5S2. The van der Waals surface area contributed by atoms with Gasteiger partial charge in [-0.15, -0.1) is 3.71 Å². The molecule has 0 heterocycles. The van der Waals surface area contributed by atoms with Gasteiger partial charge in [-0.3, -0.25) is 4.55 Å². The van der Waals surface area contributed by atoms with E-state index in [0.29, 0.717) is 0 Å². The molecule has 0 radical (unpaired) electrons. The molecule has 0 amide bonds. The van der Waals surface area contributed by atoms with Crippen LogP contribution in [0.4, 0.5) is 5.69 Å². The van der Waals surface area contributed by atoms with Crippen molar-refractivity contribution in [1.82, 2.24) is 0 Å². The highest BCUT2D eigenvalue weighted by molar-refractivity contribution is 8.06. The quantitative estimate of drug-likeness (QED) is 0.703. The molecule has 9 heteroatoms. The molecule has 7 nitrogen and oxygen atoms in total. The Morgan fingerprint density at radius 3 is 1.87 bits per heavy atom. The van der Waals surface area contributed by atoms with Gasteiger partial charge in [-0.1, -0.05) is 18.2 Å². The highest BCUT2D eigenvalue weighted by Gasteiger charge is 2.29. The van der Waals surface area contributed by atoms with Gasteiger partial charge >= 0.3 is 20.5 Å². The van der Waals surface area contributed by atoms with Crippen LogP contribution >= 0.6 is 0 Å². The van der Waals surface area contributed by atoms with E-state index < -0.39 is 20.5 Å². The molecule has 1 aromatic carbocycles. The van der Waals surface area contributed by atoms with Gasteiger partial charge < -0.3 is 0 Å². The number of nitrogens with two attached hydrogens (primary N) is 1. The number of rotatable bonds is 3. The summed E-state index contributed by atoms with van der Waals surface area (Å²) < 4.78 is 51.9. The van der Waals surface area contributed by atoms with Crippen LogP contribution in [0, 0.1) is 0 Å². The number of anilines is 1. The second kappa shape index (κ2) is 3.77. The molecule has 84 valence electrons. The second-order valence-electron chi connectivity index (χ2n) is 2.56. The standard InChI is InChI=1S/C6H8N2O5S2/c7-14(9,10)8(15(11,12)13)6-4-2-1-3-5-6/h1-5H,(H2,7,9,10)(H,11,12,13). The topological polar surface area (TPSA) is 118 Å². The van der Waals surface area contributed by atoms with Crippen LogP contribution in [0.25, 0.3) is 0 Å². The van der Waals surface area contributed by atoms with Crippen molar-refractivity contribution in [2.45, 2.75) is 0 Å². The Morgan fingerprint density at radius 1 is 1.07 bits per heavy atom. The van der Waals surface area contributed by atoms with Crippen LogP contribution in [0.3, 0.4) is 0 Å². The van der Waals surface area contributed by atoms with Gasteiger partial charge in [0.05, 0.1) is 5.69 Å². The zero-order chi connectivity index (χ0) is 11.7. The second-order valence-corrected chi connectivity index (χ2v) is 5.44. The first-order valence-corrected chi connectivity index (χ1v) is 6.48. The van der Waals surface area contributed by atoms with Gasteiger partial charge in [-0.25, -0.2) is 5.14 Å². The number of hydrogen-bond acceptors (Lipinski definition) is 4. The summed E-state index contributed by atoms with van der Waals surface area (Å²) in [6.45, 7) is 0. The maximum atomic E-state index is 10.9. The number of benzene rings is 1. The molecule has 0 atom stereocenters. The van der Waals surface area contributed by atoms with Crippen LogP contribution in [0.2, 0.25) is 0 Å². The largest absolute Gasteiger partial charge is 0.374 e. The zero-order valence-electron chi connectivity index (χ0n) is 7.31. The first kappa shape index (κ1) is 11.9. The lowest BCUT2D eigenvalue weighted by Crippen LogP contribution is -2.41. The Hall–Kier alpha value is -1.16. The SMILES string of the molecule is NS(=O)(=O)N(c1ccccc1)S(=O)(=O)O. The first-order valence-electron chi connectivity index (χ1n) is 3.58. The van der Waals surface area contributed by atoms with Gasteiger partial charge in [-0.2, -0.15) is 16.8 Å². The third-order valence-corrected chi connectivity index (χ3v) is 3.90. The predicted molar refractivity (Wildman–Crippen MR) is 53.6 cm³/mol. The lowest BCUT2D eigenvalue weighted by atomic mass is 10.3. The minimum Gasteiger partial charge on any atom is -0.268 e. The highest BCUT2D eigenvalue weighted by atomic mass is 32.3. The monoisotopic (exact) mass is 252 g/mol. The number of para-hydroxylation sites is 1. The Balaban J connectivity index is 3.41. The molecule has 0 aliphatic rings. The van der Waals surface area contributed by atoms with E-state index in [9.17, 15) is 16.8 Å². The molecule has 3 N–H and O–H groups in total. The van der Waals surface area contributed by atoms with E-state index in [4.69, 9.17) is 4.55 Å². The molecule has 0 fully saturated rings. The van der Waals surface area contributed by atoms with Crippen LogP contribution in [0.5, 0.6) is 0 Å². The normalized spacial score (nSPS) is 12.4. The Labute approximate surface area is 87.2 Å². The van der Waals surface area contributed by atoms with E-state index in [0.717, 1.165) is 0 Å². The van der Waals surface area contributed by atoms with E-state index in [-0.39, 0.29) is 9.40 Å². The van der Waals surface area contributed by atoms with Crippen molar-refractivity contribution in [1.29, 1.82) is 0 Å². The van der Waals surface area contributed by atoms with E-state index >= 15 is 0 Å². The molecule has 0 saturated heterocycles. The lowest BCUT2D eigenvalue weighted by Gasteiger charge is -2.16. The maximum absolute atomic E-state index is 10.9. The zero-order valence-corrected chi connectivity index (χ0v) is 8.94. The molecule has 0 saturated carbocycles. The molecule has 1 aromatic rings. The summed E-state index contributed by atoms with van der Waals surface area (Å²) in [5, 5.41) is 4.66. The van der Waals surface area contributed by atoms with Crippen molar-refractivity contribution in [2.24, 2.45) is 5.14 Å². The summed E-state index contributed by atoms with van der Waals surface area (Å²) >= 11 is 0. The summed E-state index contributed by atoms with van der Waals surface area (Å²) in [5.74, 6) is 0. The average molecular weight is 252 g/mol. The van der Waals surface area contributed by atoms with Gasteiger partial charge in [0, 0.05) is 0 Å². The molecule has 0 aliphatic carbocycles. The summed E-state index contributed by atoms with van der Waals surface area (Å²) in [4.78, 5) is 0. The van der Waals surface area contributed by atoms with E-state index in [1.807, 2.05) is 0 Å². The molecule has 0 unspecified atom stereocenters. The third kappa shape index (κ3) is 2.89. The van der Waals surface area contributed by atoms with Crippen LogP contribution in [-0.4, -0.2) is 21.4 Å². The molecule has 1 rings (SSSR count). The van der Waals surface area contributed by atoms with Gasteiger partial charge in [0.15, 0.2) is 0 Å². The third-order valence-electron chi connectivity index (χ3n) is 1.41. The predicted octanol–water partition coefficient (Wildman–Crippen LogP) is -0.501. The fraction of sp³-hybridized carbons (Fsp3) is 0. The van der Waals surface area contributed by atoms with Gasteiger partial charge in [0.1, 0.15) is 0 Å². The molecule has 0 aromatic heterocycles. The number of hydrogen-bond donors (Lipinski definition) is 2. The van der Waals surface area contributed by atoms with Crippen molar-refractivity contribution >= 4 is 26.2 Å². The van der Waals surface area contributed by atoms with Crippen molar-refractivity contribution < 1.29 is 21.4 Å². The fourth-order valence-corrected chi connectivity index (χ4v) is 2.82. The smallest absolute Gasteiger partial charge is 0.268 e. The summed E-state index contributed by atoms with van der Waals surface area (Å²) in [6.07, 6.45) is 0. The maximum Gasteiger partial charge on any atom is 0.374 e. The Morgan fingerprint density at radius 2 is 1.53 bits per heavy atom. The Bertz CT molecular complexity index is 504.